The second kappa shape index (κ2) is 7.84. The summed E-state index contributed by atoms with van der Waals surface area (Å²) < 4.78 is 6.45. The molecule has 1 N–H and O–H groups in total. The molecule has 118 valence electrons. The maximum atomic E-state index is 6.45. The third-order valence-corrected chi connectivity index (χ3v) is 4.73. The van der Waals surface area contributed by atoms with Crippen molar-refractivity contribution in [2.24, 2.45) is 0 Å². The Morgan fingerprint density at radius 1 is 1.10 bits per heavy atom. The van der Waals surface area contributed by atoms with Crippen LogP contribution in [0.5, 0.6) is 5.75 Å². The number of likely N-dealkylation sites (N-methyl/N-ethyl adjacent to an activating group) is 1. The van der Waals surface area contributed by atoms with Gasteiger partial charge < -0.3 is 10.1 Å². The van der Waals surface area contributed by atoms with E-state index >= 15 is 0 Å². The highest BCUT2D eigenvalue weighted by atomic mass is 16.5. The Kier molecular flexibility index (Phi) is 6.10. The predicted molar refractivity (Wildman–Crippen MR) is 90.2 cm³/mol. The molecule has 0 bridgehead atoms. The van der Waals surface area contributed by atoms with Gasteiger partial charge in [-0.15, -0.1) is 0 Å². The summed E-state index contributed by atoms with van der Waals surface area (Å²) in [6.45, 7) is 6.62. The van der Waals surface area contributed by atoms with E-state index in [1.165, 1.54) is 43.2 Å². The number of rotatable bonds is 4. The van der Waals surface area contributed by atoms with Crippen LogP contribution in [0.3, 0.4) is 0 Å². The highest BCUT2D eigenvalue weighted by molar-refractivity contribution is 5.38. The van der Waals surface area contributed by atoms with Gasteiger partial charge >= 0.3 is 0 Å². The van der Waals surface area contributed by atoms with Crippen LogP contribution in [0.15, 0.2) is 18.2 Å². The van der Waals surface area contributed by atoms with E-state index in [9.17, 15) is 0 Å². The van der Waals surface area contributed by atoms with Gasteiger partial charge in [-0.25, -0.2) is 0 Å². The lowest BCUT2D eigenvalue weighted by Crippen LogP contribution is -2.42. The van der Waals surface area contributed by atoms with Gasteiger partial charge in [0, 0.05) is 6.04 Å². The van der Waals surface area contributed by atoms with E-state index in [2.05, 4.69) is 51.3 Å². The fraction of sp³-hybridized carbons (Fsp3) is 0.684. The van der Waals surface area contributed by atoms with Crippen LogP contribution in [0.2, 0.25) is 0 Å². The maximum absolute atomic E-state index is 6.45. The van der Waals surface area contributed by atoms with Crippen LogP contribution in [0.4, 0.5) is 0 Å². The molecule has 1 aliphatic rings. The van der Waals surface area contributed by atoms with Crippen LogP contribution in [0, 0.1) is 6.92 Å². The Labute approximate surface area is 130 Å². The Morgan fingerprint density at radius 3 is 2.48 bits per heavy atom. The monoisotopic (exact) mass is 289 g/mol. The van der Waals surface area contributed by atoms with E-state index < -0.39 is 0 Å². The molecule has 1 saturated carbocycles. The molecule has 2 heteroatoms. The van der Waals surface area contributed by atoms with E-state index in [1.807, 2.05) is 0 Å². The molecule has 0 amide bonds. The van der Waals surface area contributed by atoms with Gasteiger partial charge in [-0.3, -0.25) is 0 Å². The Morgan fingerprint density at radius 2 is 1.81 bits per heavy atom. The van der Waals surface area contributed by atoms with Crippen molar-refractivity contribution in [1.82, 2.24) is 5.32 Å². The van der Waals surface area contributed by atoms with E-state index in [0.29, 0.717) is 18.1 Å². The average Bonchev–Trinajstić information content (AvgIpc) is 2.44. The summed E-state index contributed by atoms with van der Waals surface area (Å²) in [5, 5.41) is 3.47. The second-order valence-corrected chi connectivity index (χ2v) is 6.72. The van der Waals surface area contributed by atoms with Crippen molar-refractivity contribution < 1.29 is 4.74 Å². The number of benzene rings is 1. The minimum Gasteiger partial charge on any atom is -0.489 e. The molecule has 0 radical (unpaired) electrons. The molecular weight excluding hydrogens is 258 g/mol. The molecule has 0 heterocycles. The van der Waals surface area contributed by atoms with Crippen LogP contribution in [0.1, 0.15) is 69.4 Å². The summed E-state index contributed by atoms with van der Waals surface area (Å²) in [6.07, 6.45) is 8.01. The first-order valence-corrected chi connectivity index (χ1v) is 8.56. The standard InChI is InChI=1S/C19H31NO/c1-14(2)16-12-11-15(3)19(13-16)21-18-10-8-6-5-7-9-17(18)20-4/h11-14,17-18,20H,5-10H2,1-4H3. The van der Waals surface area contributed by atoms with E-state index in [-0.39, 0.29) is 0 Å². The van der Waals surface area contributed by atoms with Crippen molar-refractivity contribution in [2.45, 2.75) is 77.4 Å². The normalized spacial score (nSPS) is 23.7. The van der Waals surface area contributed by atoms with Crippen molar-refractivity contribution in [3.05, 3.63) is 29.3 Å². The van der Waals surface area contributed by atoms with Gasteiger partial charge in [0.2, 0.25) is 0 Å². The third kappa shape index (κ3) is 4.47. The highest BCUT2D eigenvalue weighted by Gasteiger charge is 2.23. The van der Waals surface area contributed by atoms with Gasteiger partial charge in [0.05, 0.1) is 0 Å². The minimum atomic E-state index is 0.302. The Bertz CT molecular complexity index is 441. The van der Waals surface area contributed by atoms with Crippen molar-refractivity contribution in [2.75, 3.05) is 7.05 Å². The van der Waals surface area contributed by atoms with Crippen LogP contribution < -0.4 is 10.1 Å². The lowest BCUT2D eigenvalue weighted by atomic mass is 9.94. The summed E-state index contributed by atoms with van der Waals surface area (Å²) in [5.41, 5.74) is 2.61. The molecule has 21 heavy (non-hydrogen) atoms. The number of nitrogens with one attached hydrogen (secondary N) is 1. The fourth-order valence-corrected chi connectivity index (χ4v) is 3.19. The van der Waals surface area contributed by atoms with E-state index in [1.54, 1.807) is 0 Å². The van der Waals surface area contributed by atoms with Crippen molar-refractivity contribution in [1.29, 1.82) is 0 Å². The summed E-state index contributed by atoms with van der Waals surface area (Å²) in [4.78, 5) is 0. The van der Waals surface area contributed by atoms with Crippen LogP contribution >= 0.6 is 0 Å². The molecule has 1 aromatic carbocycles. The molecule has 2 rings (SSSR count). The Hall–Kier alpha value is -1.02. The molecular formula is C19H31NO. The van der Waals surface area contributed by atoms with Crippen LogP contribution in [-0.2, 0) is 0 Å². The fourth-order valence-electron chi connectivity index (χ4n) is 3.19. The van der Waals surface area contributed by atoms with Gasteiger partial charge in [0.25, 0.3) is 0 Å². The first-order chi connectivity index (χ1) is 10.1. The molecule has 0 saturated heterocycles. The molecule has 0 aliphatic heterocycles. The first-order valence-electron chi connectivity index (χ1n) is 8.56. The molecule has 0 aromatic heterocycles. The smallest absolute Gasteiger partial charge is 0.122 e. The van der Waals surface area contributed by atoms with Crippen molar-refractivity contribution in [3.63, 3.8) is 0 Å². The number of aryl methyl sites for hydroxylation is 1. The predicted octanol–water partition coefficient (Wildman–Crippen LogP) is 4.81. The highest BCUT2D eigenvalue weighted by Crippen LogP contribution is 2.28. The van der Waals surface area contributed by atoms with Gasteiger partial charge in [0.1, 0.15) is 11.9 Å². The summed E-state index contributed by atoms with van der Waals surface area (Å²) in [7, 11) is 2.07. The number of hydrogen-bond acceptors (Lipinski definition) is 2. The average molecular weight is 289 g/mol. The lowest BCUT2D eigenvalue weighted by molar-refractivity contribution is 0.130. The van der Waals surface area contributed by atoms with Crippen LogP contribution in [-0.4, -0.2) is 19.2 Å². The zero-order valence-electron chi connectivity index (χ0n) is 14.1. The molecule has 1 aliphatic carbocycles. The third-order valence-electron chi connectivity index (χ3n) is 4.73. The maximum Gasteiger partial charge on any atom is 0.122 e. The molecule has 2 atom stereocenters. The SMILES string of the molecule is CNC1CCCCCCC1Oc1cc(C(C)C)ccc1C. The minimum absolute atomic E-state index is 0.302. The summed E-state index contributed by atoms with van der Waals surface area (Å²) in [6, 6.07) is 7.14. The van der Waals surface area contributed by atoms with Gasteiger partial charge in [-0.2, -0.15) is 0 Å². The van der Waals surface area contributed by atoms with Gasteiger partial charge in [-0.1, -0.05) is 45.2 Å². The molecule has 1 aromatic rings. The number of ether oxygens (including phenoxy) is 1. The van der Waals surface area contributed by atoms with Crippen molar-refractivity contribution in [3.8, 4) is 5.75 Å². The van der Waals surface area contributed by atoms with Gasteiger partial charge in [-0.05, 0) is 56.3 Å². The molecule has 0 spiro atoms. The van der Waals surface area contributed by atoms with E-state index in [0.717, 1.165) is 12.2 Å². The second-order valence-electron chi connectivity index (χ2n) is 6.72. The summed E-state index contributed by atoms with van der Waals surface area (Å²) >= 11 is 0. The Balaban J connectivity index is 2.15. The largest absolute Gasteiger partial charge is 0.489 e. The zero-order chi connectivity index (χ0) is 15.2. The quantitative estimate of drug-likeness (QED) is 0.859. The van der Waals surface area contributed by atoms with Crippen molar-refractivity contribution >= 4 is 0 Å². The number of hydrogen-bond donors (Lipinski definition) is 1. The van der Waals surface area contributed by atoms with Gasteiger partial charge in [0.15, 0.2) is 0 Å². The molecule has 1 fully saturated rings. The first kappa shape index (κ1) is 16.4. The lowest BCUT2D eigenvalue weighted by Gasteiger charge is -2.30. The van der Waals surface area contributed by atoms with E-state index in [4.69, 9.17) is 4.74 Å². The topological polar surface area (TPSA) is 21.3 Å². The molecule has 2 unspecified atom stereocenters. The zero-order valence-corrected chi connectivity index (χ0v) is 14.1. The van der Waals surface area contributed by atoms with Crippen LogP contribution in [0.25, 0.3) is 0 Å². The summed E-state index contributed by atoms with van der Waals surface area (Å²) in [5.74, 6) is 1.62. The molecule has 2 nitrogen and oxygen atoms in total.